The van der Waals surface area contributed by atoms with E-state index in [-0.39, 0.29) is 17.8 Å². The largest absolute Gasteiger partial charge is 0.318 e. The van der Waals surface area contributed by atoms with E-state index in [9.17, 15) is 9.59 Å². The number of halogens is 1. The van der Waals surface area contributed by atoms with E-state index in [0.29, 0.717) is 35.1 Å². The van der Waals surface area contributed by atoms with Crippen LogP contribution in [0.15, 0.2) is 77.7 Å². The maximum atomic E-state index is 13.8. The molecule has 0 unspecified atom stereocenters. The number of hydrogen-bond acceptors (Lipinski definition) is 5. The number of carbonyl (C=O) groups excluding carboxylic acids is 1. The molecule has 9 heteroatoms. The van der Waals surface area contributed by atoms with Crippen LogP contribution >= 0.6 is 11.6 Å². The van der Waals surface area contributed by atoms with Crippen LogP contribution in [0.5, 0.6) is 0 Å². The average Bonchev–Trinajstić information content (AvgIpc) is 3.23. The highest BCUT2D eigenvalue weighted by atomic mass is 35.5. The minimum atomic E-state index is -0.595. The number of anilines is 1. The fraction of sp³-hybridized carbons (Fsp3) is 0.192. The predicted molar refractivity (Wildman–Crippen MR) is 130 cm³/mol. The molecule has 1 saturated heterocycles. The quantitative estimate of drug-likeness (QED) is 0.428. The fourth-order valence-electron chi connectivity index (χ4n) is 4.54. The van der Waals surface area contributed by atoms with Crippen LogP contribution in [0.25, 0.3) is 11.4 Å². The molecule has 1 amide bonds. The summed E-state index contributed by atoms with van der Waals surface area (Å²) in [5.41, 5.74) is 3.92. The van der Waals surface area contributed by atoms with Crippen LogP contribution < -0.4 is 10.5 Å². The Kier molecular flexibility index (Phi) is 5.29. The molecule has 2 aromatic carbocycles. The van der Waals surface area contributed by atoms with Crippen LogP contribution in [0.2, 0.25) is 5.02 Å². The second-order valence-corrected chi connectivity index (χ2v) is 8.84. The summed E-state index contributed by atoms with van der Waals surface area (Å²) >= 11 is 6.23. The van der Waals surface area contributed by atoms with E-state index >= 15 is 0 Å². The van der Waals surface area contributed by atoms with Gasteiger partial charge in [-0.05, 0) is 61.9 Å². The second-order valence-electron chi connectivity index (χ2n) is 8.41. The Morgan fingerprint density at radius 2 is 1.71 bits per heavy atom. The lowest BCUT2D eigenvalue weighted by Crippen LogP contribution is -2.39. The lowest BCUT2D eigenvalue weighted by atomic mass is 10.0. The average molecular weight is 489 g/mol. The minimum Gasteiger partial charge on any atom is -0.318 e. The molecule has 0 bridgehead atoms. The Morgan fingerprint density at radius 3 is 2.43 bits per heavy atom. The molecule has 176 valence electrons. The zero-order valence-corrected chi connectivity index (χ0v) is 19.6. The van der Waals surface area contributed by atoms with Gasteiger partial charge in [0.15, 0.2) is 6.29 Å². The molecule has 4 aromatic rings. The molecule has 0 spiro atoms. The van der Waals surface area contributed by atoms with Crippen molar-refractivity contribution in [1.29, 1.82) is 0 Å². The molecule has 1 fully saturated rings. The summed E-state index contributed by atoms with van der Waals surface area (Å²) in [6, 6.07) is 19.6. The smallest absolute Gasteiger partial charge is 0.277 e. The van der Waals surface area contributed by atoms with Gasteiger partial charge in [0.1, 0.15) is 11.4 Å². The maximum absolute atomic E-state index is 13.8. The number of hydrogen-bond donors (Lipinski definition) is 0. The zero-order chi connectivity index (χ0) is 24.1. The number of fused-ring (bicyclic) bond motifs is 1. The van der Waals surface area contributed by atoms with Crippen LogP contribution in [0.3, 0.4) is 0 Å². The van der Waals surface area contributed by atoms with Gasteiger partial charge in [-0.1, -0.05) is 23.7 Å². The number of nitrogens with zero attached hydrogens (tertiary/aromatic N) is 4. The molecule has 0 atom stereocenters. The molecule has 0 saturated carbocycles. The van der Waals surface area contributed by atoms with Crippen molar-refractivity contribution in [3.05, 3.63) is 105 Å². The lowest BCUT2D eigenvalue weighted by molar-refractivity contribution is -0.384. The molecule has 0 radical (unpaired) electrons. The van der Waals surface area contributed by atoms with Gasteiger partial charge < -0.3 is 14.4 Å². The van der Waals surface area contributed by atoms with E-state index in [2.05, 4.69) is 0 Å². The molecular formula is C26H21ClN4O4. The number of aromatic nitrogens is 3. The van der Waals surface area contributed by atoms with E-state index in [4.69, 9.17) is 26.2 Å². The Labute approximate surface area is 205 Å². The third kappa shape index (κ3) is 3.76. The van der Waals surface area contributed by atoms with Crippen molar-refractivity contribution in [2.24, 2.45) is 0 Å². The summed E-state index contributed by atoms with van der Waals surface area (Å²) < 4.78 is 14.6. The lowest BCUT2D eigenvalue weighted by Gasteiger charge is -2.34. The van der Waals surface area contributed by atoms with Crippen LogP contribution in [-0.4, -0.2) is 33.1 Å². The van der Waals surface area contributed by atoms with Crippen LogP contribution in [0, 0.1) is 0 Å². The van der Waals surface area contributed by atoms with Gasteiger partial charge in [-0.15, -0.1) is 0 Å². The van der Waals surface area contributed by atoms with Crippen LogP contribution in [0.1, 0.15) is 35.0 Å². The van der Waals surface area contributed by atoms with Crippen molar-refractivity contribution in [3.8, 4) is 11.4 Å². The molecule has 8 nitrogen and oxygen atoms in total. The topological polar surface area (TPSA) is 78.6 Å². The van der Waals surface area contributed by atoms with Gasteiger partial charge >= 0.3 is 0 Å². The SMILES string of the molecule is CC1OC(c2nn(-c3cccc(Cl)c3)c3c2CCN(c2ccc(-n4ccccc4=O)cc2)C3=O)O1. The first kappa shape index (κ1) is 21.8. The summed E-state index contributed by atoms with van der Waals surface area (Å²) in [5.74, 6) is -0.179. The zero-order valence-electron chi connectivity index (χ0n) is 18.8. The molecule has 2 aromatic heterocycles. The highest BCUT2D eigenvalue weighted by molar-refractivity contribution is 6.30. The molecule has 2 aliphatic rings. The van der Waals surface area contributed by atoms with E-state index in [1.807, 2.05) is 43.3 Å². The minimum absolute atomic E-state index is 0.119. The predicted octanol–water partition coefficient (Wildman–Crippen LogP) is 4.27. The maximum Gasteiger partial charge on any atom is 0.277 e. The highest BCUT2D eigenvalue weighted by Crippen LogP contribution is 2.37. The summed E-state index contributed by atoms with van der Waals surface area (Å²) in [5, 5.41) is 5.27. The number of amides is 1. The van der Waals surface area contributed by atoms with E-state index in [0.717, 1.165) is 16.9 Å². The number of carbonyl (C=O) groups is 1. The second kappa shape index (κ2) is 8.49. The molecule has 4 heterocycles. The number of ether oxygens (including phenoxy) is 2. The Balaban J connectivity index is 1.39. The Hall–Kier alpha value is -3.72. The van der Waals surface area contributed by atoms with Gasteiger partial charge in [0.2, 0.25) is 6.29 Å². The van der Waals surface area contributed by atoms with Crippen molar-refractivity contribution >= 4 is 23.2 Å². The molecular weight excluding hydrogens is 468 g/mol. The van der Waals surface area contributed by atoms with E-state index < -0.39 is 6.29 Å². The van der Waals surface area contributed by atoms with Crippen molar-refractivity contribution < 1.29 is 14.3 Å². The van der Waals surface area contributed by atoms with Gasteiger partial charge in [0.05, 0.1) is 5.69 Å². The summed E-state index contributed by atoms with van der Waals surface area (Å²) in [6.45, 7) is 2.30. The Morgan fingerprint density at radius 1 is 0.943 bits per heavy atom. The van der Waals surface area contributed by atoms with Crippen molar-refractivity contribution in [2.45, 2.75) is 25.9 Å². The molecule has 2 aliphatic heterocycles. The van der Waals surface area contributed by atoms with E-state index in [1.54, 1.807) is 44.6 Å². The van der Waals surface area contributed by atoms with Gasteiger partial charge in [-0.3, -0.25) is 14.2 Å². The van der Waals surface area contributed by atoms with Crippen LogP contribution in [0.4, 0.5) is 5.69 Å². The highest BCUT2D eigenvalue weighted by Gasteiger charge is 2.39. The van der Waals surface area contributed by atoms with Gasteiger partial charge in [-0.2, -0.15) is 5.10 Å². The first-order valence-corrected chi connectivity index (χ1v) is 11.7. The van der Waals surface area contributed by atoms with E-state index in [1.165, 1.54) is 6.07 Å². The number of pyridine rings is 1. The van der Waals surface area contributed by atoms with Crippen molar-refractivity contribution in [2.75, 3.05) is 11.4 Å². The first-order chi connectivity index (χ1) is 17.0. The Bertz CT molecular complexity index is 1490. The number of rotatable bonds is 4. The van der Waals surface area contributed by atoms with Crippen molar-refractivity contribution in [1.82, 2.24) is 14.3 Å². The van der Waals surface area contributed by atoms with Gasteiger partial charge in [0.25, 0.3) is 11.5 Å². The third-order valence-electron chi connectivity index (χ3n) is 6.22. The first-order valence-electron chi connectivity index (χ1n) is 11.3. The molecule has 0 N–H and O–H groups in total. The monoisotopic (exact) mass is 488 g/mol. The molecule has 6 rings (SSSR count). The van der Waals surface area contributed by atoms with Gasteiger partial charge in [0, 0.05) is 40.8 Å². The fourth-order valence-corrected chi connectivity index (χ4v) is 4.72. The summed E-state index contributed by atoms with van der Waals surface area (Å²) in [7, 11) is 0. The summed E-state index contributed by atoms with van der Waals surface area (Å²) in [6.07, 6.45) is 1.40. The molecule has 0 aliphatic carbocycles. The standard InChI is InChI=1S/C26H21ClN4O4/c1-16-34-26(35-16)23-21-12-14-30(19-10-8-18(9-11-19)29-13-3-2-7-22(29)32)25(33)24(21)31(28-23)20-6-4-5-17(27)15-20/h2-11,13,15-16,26H,12,14H2,1H3. The normalized spacial score (nSPS) is 19.4. The summed E-state index contributed by atoms with van der Waals surface area (Å²) in [4.78, 5) is 27.7. The molecule has 35 heavy (non-hydrogen) atoms. The van der Waals surface area contributed by atoms with Crippen molar-refractivity contribution in [3.63, 3.8) is 0 Å². The number of benzene rings is 2. The third-order valence-corrected chi connectivity index (χ3v) is 6.45. The van der Waals surface area contributed by atoms with Gasteiger partial charge in [-0.25, -0.2) is 4.68 Å². The van der Waals surface area contributed by atoms with Crippen LogP contribution in [-0.2, 0) is 15.9 Å².